The first-order valence-corrected chi connectivity index (χ1v) is 7.87. The van der Waals surface area contributed by atoms with E-state index in [9.17, 15) is 0 Å². The Hall–Kier alpha value is -3.33. The highest BCUT2D eigenvalue weighted by atomic mass is 14.9. The van der Waals surface area contributed by atoms with Crippen molar-refractivity contribution < 1.29 is 0 Å². The SMILES string of the molecule is Nc1ccnc(-c2ccc3ccccc3c2)c1Nc1ccccc1. The van der Waals surface area contributed by atoms with Crippen LogP contribution in [0.2, 0.25) is 0 Å². The number of hydrogen-bond acceptors (Lipinski definition) is 3. The summed E-state index contributed by atoms with van der Waals surface area (Å²) in [6.07, 6.45) is 1.75. The molecule has 0 radical (unpaired) electrons. The van der Waals surface area contributed by atoms with Gasteiger partial charge in [-0.05, 0) is 35.0 Å². The van der Waals surface area contributed by atoms with Gasteiger partial charge in [0.1, 0.15) is 0 Å². The molecule has 0 aliphatic carbocycles. The second-order valence-corrected chi connectivity index (χ2v) is 5.68. The van der Waals surface area contributed by atoms with Crippen LogP contribution in [0.15, 0.2) is 85.1 Å². The lowest BCUT2D eigenvalue weighted by Crippen LogP contribution is -2.00. The van der Waals surface area contributed by atoms with E-state index in [1.165, 1.54) is 10.8 Å². The van der Waals surface area contributed by atoms with Crippen LogP contribution in [0.4, 0.5) is 17.1 Å². The second kappa shape index (κ2) is 6.05. The smallest absolute Gasteiger partial charge is 0.0958 e. The van der Waals surface area contributed by atoms with E-state index in [2.05, 4.69) is 40.6 Å². The number of benzene rings is 3. The fraction of sp³-hybridized carbons (Fsp3) is 0. The number of pyridine rings is 1. The van der Waals surface area contributed by atoms with E-state index in [-0.39, 0.29) is 0 Å². The molecular formula is C21H17N3. The molecule has 24 heavy (non-hydrogen) atoms. The molecule has 3 heteroatoms. The van der Waals surface area contributed by atoms with Crippen molar-refractivity contribution in [3.8, 4) is 11.3 Å². The van der Waals surface area contributed by atoms with Crippen molar-refractivity contribution >= 4 is 27.8 Å². The summed E-state index contributed by atoms with van der Waals surface area (Å²) in [4.78, 5) is 4.57. The van der Waals surface area contributed by atoms with E-state index >= 15 is 0 Å². The lowest BCUT2D eigenvalue weighted by atomic mass is 10.0. The highest BCUT2D eigenvalue weighted by molar-refractivity contribution is 5.92. The van der Waals surface area contributed by atoms with E-state index in [0.29, 0.717) is 5.69 Å². The minimum Gasteiger partial charge on any atom is -0.397 e. The summed E-state index contributed by atoms with van der Waals surface area (Å²) < 4.78 is 0. The summed E-state index contributed by atoms with van der Waals surface area (Å²) >= 11 is 0. The molecule has 0 spiro atoms. The molecule has 1 aromatic heterocycles. The van der Waals surface area contributed by atoms with Gasteiger partial charge in [0.15, 0.2) is 0 Å². The highest BCUT2D eigenvalue weighted by Gasteiger charge is 2.11. The Kier molecular flexibility index (Phi) is 3.60. The van der Waals surface area contributed by atoms with Crippen molar-refractivity contribution in [2.75, 3.05) is 11.1 Å². The third-order valence-electron chi connectivity index (χ3n) is 4.05. The molecule has 0 aliphatic heterocycles. The van der Waals surface area contributed by atoms with E-state index in [4.69, 9.17) is 5.73 Å². The van der Waals surface area contributed by atoms with Crippen LogP contribution in [0.3, 0.4) is 0 Å². The van der Waals surface area contributed by atoms with Gasteiger partial charge in [0.2, 0.25) is 0 Å². The molecule has 116 valence electrons. The summed E-state index contributed by atoms with van der Waals surface area (Å²) in [5.41, 5.74) is 10.6. The normalized spacial score (nSPS) is 10.7. The fourth-order valence-electron chi connectivity index (χ4n) is 2.83. The third-order valence-corrected chi connectivity index (χ3v) is 4.05. The molecule has 4 aromatic rings. The summed E-state index contributed by atoms with van der Waals surface area (Å²) in [6.45, 7) is 0. The first-order chi connectivity index (χ1) is 11.8. The predicted octanol–water partition coefficient (Wildman–Crippen LogP) is 5.23. The van der Waals surface area contributed by atoms with E-state index in [1.54, 1.807) is 6.20 Å². The van der Waals surface area contributed by atoms with Crippen molar-refractivity contribution in [3.05, 3.63) is 85.1 Å². The van der Waals surface area contributed by atoms with Crippen molar-refractivity contribution in [3.63, 3.8) is 0 Å². The highest BCUT2D eigenvalue weighted by Crippen LogP contribution is 2.34. The number of nitrogen functional groups attached to an aromatic ring is 1. The minimum atomic E-state index is 0.678. The van der Waals surface area contributed by atoms with Gasteiger partial charge >= 0.3 is 0 Å². The Balaban J connectivity index is 1.83. The van der Waals surface area contributed by atoms with Gasteiger partial charge in [0.25, 0.3) is 0 Å². The van der Waals surface area contributed by atoms with Crippen LogP contribution in [0.25, 0.3) is 22.0 Å². The van der Waals surface area contributed by atoms with Crippen LogP contribution in [0.1, 0.15) is 0 Å². The van der Waals surface area contributed by atoms with Crippen LogP contribution < -0.4 is 11.1 Å². The first kappa shape index (κ1) is 14.3. The number of anilines is 3. The van der Waals surface area contributed by atoms with Crippen molar-refractivity contribution in [1.29, 1.82) is 0 Å². The molecule has 3 N–H and O–H groups in total. The average molecular weight is 311 g/mol. The molecule has 3 nitrogen and oxygen atoms in total. The summed E-state index contributed by atoms with van der Waals surface area (Å²) in [5, 5.41) is 5.80. The number of fused-ring (bicyclic) bond motifs is 1. The van der Waals surface area contributed by atoms with Gasteiger partial charge in [0.05, 0.1) is 17.1 Å². The number of nitrogens with two attached hydrogens (primary N) is 1. The molecule has 3 aromatic carbocycles. The van der Waals surface area contributed by atoms with Crippen LogP contribution in [0.5, 0.6) is 0 Å². The number of para-hydroxylation sites is 1. The van der Waals surface area contributed by atoms with Gasteiger partial charge in [0, 0.05) is 17.4 Å². The van der Waals surface area contributed by atoms with E-state index < -0.39 is 0 Å². The standard InChI is InChI=1S/C21H17N3/c22-19-12-13-23-20(21(19)24-18-8-2-1-3-9-18)17-11-10-15-6-4-5-7-16(15)14-17/h1-14,24H,(H2,22,23). The molecule has 0 unspecified atom stereocenters. The minimum absolute atomic E-state index is 0.678. The zero-order valence-corrected chi connectivity index (χ0v) is 13.1. The van der Waals surface area contributed by atoms with Crippen LogP contribution in [0, 0.1) is 0 Å². The summed E-state index contributed by atoms with van der Waals surface area (Å²) in [7, 11) is 0. The van der Waals surface area contributed by atoms with Gasteiger partial charge in [-0.3, -0.25) is 4.98 Å². The topological polar surface area (TPSA) is 50.9 Å². The maximum Gasteiger partial charge on any atom is 0.0958 e. The van der Waals surface area contributed by atoms with E-state index in [0.717, 1.165) is 22.6 Å². The lowest BCUT2D eigenvalue weighted by Gasteiger charge is -2.14. The Bertz CT molecular complexity index is 994. The number of rotatable bonds is 3. The molecule has 4 rings (SSSR count). The molecule has 0 saturated heterocycles. The Morgan fingerprint density at radius 3 is 2.33 bits per heavy atom. The molecule has 0 fully saturated rings. The maximum absolute atomic E-state index is 6.22. The largest absolute Gasteiger partial charge is 0.397 e. The summed E-state index contributed by atoms with van der Waals surface area (Å²) in [5.74, 6) is 0. The molecule has 0 atom stereocenters. The zero-order valence-electron chi connectivity index (χ0n) is 13.1. The quantitative estimate of drug-likeness (QED) is 0.545. The van der Waals surface area contributed by atoms with Gasteiger partial charge in [-0.15, -0.1) is 0 Å². The number of nitrogens with one attached hydrogen (secondary N) is 1. The number of hydrogen-bond donors (Lipinski definition) is 2. The third kappa shape index (κ3) is 2.68. The monoisotopic (exact) mass is 311 g/mol. The van der Waals surface area contributed by atoms with Gasteiger partial charge in [-0.25, -0.2) is 0 Å². The van der Waals surface area contributed by atoms with Crippen LogP contribution in [-0.2, 0) is 0 Å². The van der Waals surface area contributed by atoms with Crippen LogP contribution in [-0.4, -0.2) is 4.98 Å². The van der Waals surface area contributed by atoms with Crippen molar-refractivity contribution in [2.24, 2.45) is 0 Å². The van der Waals surface area contributed by atoms with Gasteiger partial charge < -0.3 is 11.1 Å². The number of nitrogens with zero attached hydrogens (tertiary/aromatic N) is 1. The molecule has 0 bridgehead atoms. The molecule has 0 amide bonds. The van der Waals surface area contributed by atoms with E-state index in [1.807, 2.05) is 48.5 Å². The Labute approximate surface area is 140 Å². The zero-order chi connectivity index (χ0) is 16.4. The lowest BCUT2D eigenvalue weighted by molar-refractivity contribution is 1.32. The average Bonchev–Trinajstić information content (AvgIpc) is 2.64. The van der Waals surface area contributed by atoms with Crippen molar-refractivity contribution in [2.45, 2.75) is 0 Å². The van der Waals surface area contributed by atoms with Gasteiger partial charge in [-0.1, -0.05) is 54.6 Å². The fourth-order valence-corrected chi connectivity index (χ4v) is 2.83. The Morgan fingerprint density at radius 1 is 0.750 bits per heavy atom. The number of aromatic nitrogens is 1. The second-order valence-electron chi connectivity index (χ2n) is 5.68. The molecule has 0 aliphatic rings. The van der Waals surface area contributed by atoms with Gasteiger partial charge in [-0.2, -0.15) is 0 Å². The first-order valence-electron chi connectivity index (χ1n) is 7.87. The maximum atomic E-state index is 6.22. The molecule has 0 saturated carbocycles. The van der Waals surface area contributed by atoms with Crippen molar-refractivity contribution in [1.82, 2.24) is 4.98 Å². The predicted molar refractivity (Wildman–Crippen MR) is 101 cm³/mol. The molecular weight excluding hydrogens is 294 g/mol. The summed E-state index contributed by atoms with van der Waals surface area (Å²) in [6, 6.07) is 26.4. The van der Waals surface area contributed by atoms with Crippen LogP contribution >= 0.6 is 0 Å². The molecule has 1 heterocycles. The Morgan fingerprint density at radius 2 is 1.50 bits per heavy atom.